The summed E-state index contributed by atoms with van der Waals surface area (Å²) in [4.78, 5) is 14.2. The van der Waals surface area contributed by atoms with Gasteiger partial charge in [-0.15, -0.1) is 0 Å². The molecule has 0 aromatic heterocycles. The lowest BCUT2D eigenvalue weighted by molar-refractivity contribution is -0.108. The van der Waals surface area contributed by atoms with Gasteiger partial charge in [0.2, 0.25) is 0 Å². The summed E-state index contributed by atoms with van der Waals surface area (Å²) in [6.45, 7) is 1.72. The van der Waals surface area contributed by atoms with Gasteiger partial charge in [-0.25, -0.2) is 4.79 Å². The van der Waals surface area contributed by atoms with Crippen LogP contribution >= 0.6 is 0 Å². The van der Waals surface area contributed by atoms with Crippen molar-refractivity contribution in [3.63, 3.8) is 0 Å². The zero-order valence-corrected chi connectivity index (χ0v) is 13.4. The number of rotatable bonds is 3. The van der Waals surface area contributed by atoms with Gasteiger partial charge in [-0.05, 0) is 44.4 Å². The van der Waals surface area contributed by atoms with Crippen molar-refractivity contribution in [2.45, 2.75) is 75.9 Å². The summed E-state index contributed by atoms with van der Waals surface area (Å²) in [7, 11) is 1.93. The number of urea groups is 1. The van der Waals surface area contributed by atoms with Gasteiger partial charge < -0.3 is 15.0 Å². The summed E-state index contributed by atoms with van der Waals surface area (Å²) in [6.07, 6.45) is 12.1. The highest BCUT2D eigenvalue weighted by molar-refractivity contribution is 5.74. The fourth-order valence-corrected chi connectivity index (χ4v) is 4.13. The molecular weight excluding hydrogens is 264 g/mol. The largest absolute Gasteiger partial charge is 0.375 e. The highest BCUT2D eigenvalue weighted by atomic mass is 16.5. The summed E-state index contributed by atoms with van der Waals surface area (Å²) in [6, 6.07) is 0.410. The first-order valence-electron chi connectivity index (χ1n) is 8.82. The maximum atomic E-state index is 12.3. The first-order valence-corrected chi connectivity index (χ1v) is 8.82. The van der Waals surface area contributed by atoms with E-state index in [0.29, 0.717) is 6.04 Å². The quantitative estimate of drug-likeness (QED) is 0.867. The Balaban J connectivity index is 1.48. The molecule has 4 nitrogen and oxygen atoms in total. The molecule has 1 atom stereocenters. The Morgan fingerprint density at radius 1 is 1.19 bits per heavy atom. The van der Waals surface area contributed by atoms with Crippen LogP contribution in [-0.2, 0) is 4.74 Å². The van der Waals surface area contributed by atoms with Crippen molar-refractivity contribution in [3.05, 3.63) is 0 Å². The number of amides is 2. The molecule has 1 heterocycles. The third kappa shape index (κ3) is 3.71. The van der Waals surface area contributed by atoms with Crippen LogP contribution in [-0.4, -0.2) is 42.8 Å². The normalized spacial score (nSPS) is 28.9. The number of ether oxygens (including phenoxy) is 1. The van der Waals surface area contributed by atoms with Crippen molar-refractivity contribution in [2.24, 2.45) is 5.92 Å². The number of nitrogens with zero attached hydrogens (tertiary/aromatic N) is 1. The van der Waals surface area contributed by atoms with Crippen LogP contribution in [0.1, 0.15) is 64.2 Å². The van der Waals surface area contributed by atoms with E-state index in [1.807, 2.05) is 11.9 Å². The highest BCUT2D eigenvalue weighted by Crippen LogP contribution is 2.38. The zero-order valence-electron chi connectivity index (χ0n) is 13.4. The molecule has 0 aromatic carbocycles. The second kappa shape index (κ2) is 6.55. The summed E-state index contributed by atoms with van der Waals surface area (Å²) in [5.74, 6) is 0.736. The van der Waals surface area contributed by atoms with E-state index >= 15 is 0 Å². The van der Waals surface area contributed by atoms with Gasteiger partial charge in [-0.3, -0.25) is 0 Å². The Morgan fingerprint density at radius 3 is 2.62 bits per heavy atom. The summed E-state index contributed by atoms with van der Waals surface area (Å²) >= 11 is 0. The molecule has 3 rings (SSSR count). The molecule has 2 aliphatic carbocycles. The third-order valence-electron chi connectivity index (χ3n) is 5.69. The highest BCUT2D eigenvalue weighted by Gasteiger charge is 2.39. The van der Waals surface area contributed by atoms with Gasteiger partial charge in [0.05, 0.1) is 5.60 Å². The van der Waals surface area contributed by atoms with Crippen LogP contribution < -0.4 is 5.32 Å². The van der Waals surface area contributed by atoms with Crippen LogP contribution in [0.2, 0.25) is 0 Å². The topological polar surface area (TPSA) is 41.6 Å². The van der Waals surface area contributed by atoms with Gasteiger partial charge in [0.15, 0.2) is 0 Å². The molecule has 1 saturated heterocycles. The predicted molar refractivity (Wildman–Crippen MR) is 83.3 cm³/mol. The molecule has 1 spiro atoms. The second-order valence-corrected chi connectivity index (χ2v) is 7.41. The monoisotopic (exact) mass is 294 g/mol. The van der Waals surface area contributed by atoms with Gasteiger partial charge in [0, 0.05) is 26.2 Å². The lowest BCUT2D eigenvalue weighted by atomic mass is 9.78. The number of hydrogen-bond donors (Lipinski definition) is 1. The maximum Gasteiger partial charge on any atom is 0.317 e. The van der Waals surface area contributed by atoms with Gasteiger partial charge >= 0.3 is 6.03 Å². The van der Waals surface area contributed by atoms with E-state index in [4.69, 9.17) is 4.74 Å². The second-order valence-electron chi connectivity index (χ2n) is 7.41. The molecule has 3 fully saturated rings. The van der Waals surface area contributed by atoms with Crippen molar-refractivity contribution in [2.75, 3.05) is 20.2 Å². The summed E-state index contributed by atoms with van der Waals surface area (Å²) < 4.78 is 6.10. The molecule has 1 aliphatic heterocycles. The van der Waals surface area contributed by atoms with Crippen molar-refractivity contribution < 1.29 is 9.53 Å². The Morgan fingerprint density at radius 2 is 1.95 bits per heavy atom. The van der Waals surface area contributed by atoms with Crippen molar-refractivity contribution >= 4 is 6.03 Å². The molecule has 1 unspecified atom stereocenters. The SMILES string of the molecule is CN(CC1CCC1)C(=O)NC1CCOC2(CCCCC2)C1. The predicted octanol–water partition coefficient (Wildman–Crippen LogP) is 3.31. The molecule has 21 heavy (non-hydrogen) atoms. The van der Waals surface area contributed by atoms with Gasteiger partial charge in [0.25, 0.3) is 0 Å². The van der Waals surface area contributed by atoms with Gasteiger partial charge in [0.1, 0.15) is 0 Å². The number of nitrogens with one attached hydrogen (secondary N) is 1. The summed E-state index contributed by atoms with van der Waals surface area (Å²) in [5, 5.41) is 3.25. The van der Waals surface area contributed by atoms with Gasteiger partial charge in [-0.2, -0.15) is 0 Å². The van der Waals surface area contributed by atoms with E-state index in [-0.39, 0.29) is 11.6 Å². The lowest BCUT2D eigenvalue weighted by Gasteiger charge is -2.44. The van der Waals surface area contributed by atoms with Crippen LogP contribution in [0.3, 0.4) is 0 Å². The van der Waals surface area contributed by atoms with Crippen molar-refractivity contribution in [1.29, 1.82) is 0 Å². The fraction of sp³-hybridized carbons (Fsp3) is 0.941. The zero-order chi connectivity index (χ0) is 14.7. The van der Waals surface area contributed by atoms with E-state index < -0.39 is 0 Å². The first kappa shape index (κ1) is 15.1. The van der Waals surface area contributed by atoms with Crippen molar-refractivity contribution in [1.82, 2.24) is 10.2 Å². The first-order chi connectivity index (χ1) is 10.2. The van der Waals surface area contributed by atoms with E-state index in [1.165, 1.54) is 51.4 Å². The number of carbonyl (C=O) groups is 1. The van der Waals surface area contributed by atoms with Crippen LogP contribution in [0.4, 0.5) is 4.79 Å². The Hall–Kier alpha value is -0.770. The molecule has 3 aliphatic rings. The van der Waals surface area contributed by atoms with E-state index in [9.17, 15) is 4.79 Å². The van der Waals surface area contributed by atoms with E-state index in [0.717, 1.165) is 31.9 Å². The molecule has 4 heteroatoms. The molecule has 0 bridgehead atoms. The maximum absolute atomic E-state index is 12.3. The van der Waals surface area contributed by atoms with Crippen LogP contribution in [0.25, 0.3) is 0 Å². The minimum absolute atomic E-state index is 0.0704. The molecule has 0 radical (unpaired) electrons. The fourth-order valence-electron chi connectivity index (χ4n) is 4.13. The smallest absolute Gasteiger partial charge is 0.317 e. The molecule has 0 aromatic rings. The average molecular weight is 294 g/mol. The minimum atomic E-state index is 0.0704. The Labute approximate surface area is 128 Å². The summed E-state index contributed by atoms with van der Waals surface area (Å²) in [5.41, 5.74) is 0.0704. The van der Waals surface area contributed by atoms with E-state index in [1.54, 1.807) is 0 Å². The van der Waals surface area contributed by atoms with Crippen LogP contribution in [0.15, 0.2) is 0 Å². The molecule has 120 valence electrons. The number of carbonyl (C=O) groups excluding carboxylic acids is 1. The Kier molecular flexibility index (Phi) is 4.72. The lowest BCUT2D eigenvalue weighted by Crippen LogP contribution is -2.52. The molecule has 2 saturated carbocycles. The van der Waals surface area contributed by atoms with Crippen molar-refractivity contribution in [3.8, 4) is 0 Å². The number of hydrogen-bond acceptors (Lipinski definition) is 2. The molecular formula is C17H30N2O2. The minimum Gasteiger partial charge on any atom is -0.375 e. The van der Waals surface area contributed by atoms with Gasteiger partial charge in [-0.1, -0.05) is 25.7 Å². The third-order valence-corrected chi connectivity index (χ3v) is 5.69. The van der Waals surface area contributed by atoms with E-state index in [2.05, 4.69) is 5.32 Å². The standard InChI is InChI=1S/C17H30N2O2/c1-19(13-14-6-5-7-14)16(20)18-15-8-11-21-17(12-15)9-3-2-4-10-17/h14-15H,2-13H2,1H3,(H,18,20). The van der Waals surface area contributed by atoms with Crippen LogP contribution in [0.5, 0.6) is 0 Å². The Bertz CT molecular complexity index is 356. The molecule has 1 N–H and O–H groups in total. The molecule has 2 amide bonds. The van der Waals surface area contributed by atoms with Crippen LogP contribution in [0, 0.1) is 5.92 Å². The average Bonchev–Trinajstić information content (AvgIpc) is 2.43.